The molecule has 0 spiro atoms. The topological polar surface area (TPSA) is 95.6 Å². The summed E-state index contributed by atoms with van der Waals surface area (Å²) in [5.41, 5.74) is 1.03. The molecule has 8 heteroatoms. The van der Waals surface area contributed by atoms with Crippen LogP contribution in [-0.4, -0.2) is 44.8 Å². The minimum atomic E-state index is -3.60. The van der Waals surface area contributed by atoms with E-state index in [1.165, 1.54) is 12.1 Å². The van der Waals surface area contributed by atoms with E-state index < -0.39 is 15.9 Å². The number of hydrogen-bond donors (Lipinski definition) is 2. The van der Waals surface area contributed by atoms with Gasteiger partial charge in [0.15, 0.2) is 0 Å². The number of carbonyl (C=O) groups excluding carboxylic acids is 2. The molecule has 1 heterocycles. The summed E-state index contributed by atoms with van der Waals surface area (Å²) in [6.07, 6.45) is 0.165. The number of nitrogens with zero attached hydrogens (tertiary/aromatic N) is 1. The molecule has 29 heavy (non-hydrogen) atoms. The quantitative estimate of drug-likeness (QED) is 0.642. The van der Waals surface area contributed by atoms with E-state index in [0.29, 0.717) is 6.54 Å². The van der Waals surface area contributed by atoms with E-state index in [0.717, 1.165) is 5.56 Å². The van der Waals surface area contributed by atoms with Gasteiger partial charge in [-0.2, -0.15) is 0 Å². The first-order chi connectivity index (χ1) is 13.9. The van der Waals surface area contributed by atoms with Crippen LogP contribution in [0.3, 0.4) is 0 Å². The minimum absolute atomic E-state index is 0.0497. The summed E-state index contributed by atoms with van der Waals surface area (Å²) < 4.78 is 26.8. The number of likely N-dealkylation sites (tertiary alicyclic amines) is 1. The van der Waals surface area contributed by atoms with Crippen LogP contribution in [0.2, 0.25) is 0 Å². The first-order valence-electron chi connectivity index (χ1n) is 9.55. The number of nitrogens with one attached hydrogen (secondary N) is 2. The summed E-state index contributed by atoms with van der Waals surface area (Å²) in [5, 5.41) is 2.72. The molecule has 0 saturated carbocycles. The zero-order chi connectivity index (χ0) is 20.9. The summed E-state index contributed by atoms with van der Waals surface area (Å²) in [6, 6.07) is 17.6. The van der Waals surface area contributed by atoms with Crippen LogP contribution >= 0.6 is 0 Å². The third-order valence-electron chi connectivity index (χ3n) is 5.05. The van der Waals surface area contributed by atoms with E-state index in [-0.39, 0.29) is 42.3 Å². The highest BCUT2D eigenvalue weighted by Gasteiger charge is 2.36. The van der Waals surface area contributed by atoms with E-state index in [9.17, 15) is 18.0 Å². The molecule has 2 aromatic rings. The van der Waals surface area contributed by atoms with Gasteiger partial charge in [-0.05, 0) is 24.6 Å². The van der Waals surface area contributed by atoms with E-state index in [2.05, 4.69) is 10.0 Å². The fourth-order valence-corrected chi connectivity index (χ4v) is 4.44. The Labute approximate surface area is 171 Å². The lowest BCUT2D eigenvalue weighted by atomic mass is 10.1. The third kappa shape index (κ3) is 5.21. The predicted molar refractivity (Wildman–Crippen MR) is 109 cm³/mol. The molecule has 1 fully saturated rings. The number of amides is 2. The molecule has 2 N–H and O–H groups in total. The molecule has 1 aliphatic heterocycles. The number of sulfonamides is 1. The van der Waals surface area contributed by atoms with Crippen molar-refractivity contribution in [2.75, 3.05) is 19.6 Å². The van der Waals surface area contributed by atoms with Gasteiger partial charge in [0.2, 0.25) is 21.8 Å². The molecule has 0 aromatic heterocycles. The molecule has 3 rings (SSSR count). The van der Waals surface area contributed by atoms with E-state index >= 15 is 0 Å². The van der Waals surface area contributed by atoms with Crippen molar-refractivity contribution in [3.63, 3.8) is 0 Å². The number of hydrogen-bond acceptors (Lipinski definition) is 4. The average molecular weight is 416 g/mol. The van der Waals surface area contributed by atoms with Gasteiger partial charge in [-0.3, -0.25) is 9.59 Å². The normalized spacial score (nSPS) is 17.9. The van der Waals surface area contributed by atoms with Crippen molar-refractivity contribution in [3.8, 4) is 0 Å². The maximum Gasteiger partial charge on any atom is 0.240 e. The maximum absolute atomic E-state index is 12.4. The molecule has 1 aliphatic rings. The highest BCUT2D eigenvalue weighted by molar-refractivity contribution is 7.89. The van der Waals surface area contributed by atoms with Crippen LogP contribution in [0.15, 0.2) is 65.6 Å². The Kier molecular flexibility index (Phi) is 6.66. The van der Waals surface area contributed by atoms with E-state index in [1.54, 1.807) is 23.1 Å². The van der Waals surface area contributed by atoms with Gasteiger partial charge >= 0.3 is 0 Å². The van der Waals surface area contributed by atoms with Crippen molar-refractivity contribution in [1.82, 2.24) is 14.9 Å². The zero-order valence-corrected chi connectivity index (χ0v) is 17.1. The van der Waals surface area contributed by atoms with Crippen molar-refractivity contribution >= 4 is 21.8 Å². The first kappa shape index (κ1) is 21.0. The largest absolute Gasteiger partial charge is 0.354 e. The van der Waals surface area contributed by atoms with Gasteiger partial charge in [0.05, 0.1) is 16.9 Å². The van der Waals surface area contributed by atoms with Gasteiger partial charge in [0.1, 0.15) is 0 Å². The Balaban J connectivity index is 1.47. The Hall–Kier alpha value is -2.71. The van der Waals surface area contributed by atoms with Gasteiger partial charge < -0.3 is 10.2 Å². The van der Waals surface area contributed by atoms with Crippen molar-refractivity contribution in [1.29, 1.82) is 0 Å². The molecule has 0 bridgehead atoms. The molecule has 2 aromatic carbocycles. The fourth-order valence-electron chi connectivity index (χ4n) is 3.39. The summed E-state index contributed by atoms with van der Waals surface area (Å²) in [7, 11) is -3.60. The van der Waals surface area contributed by atoms with Gasteiger partial charge in [0.25, 0.3) is 0 Å². The minimum Gasteiger partial charge on any atom is -0.354 e. The lowest BCUT2D eigenvalue weighted by molar-refractivity contribution is -0.130. The molecule has 0 aliphatic carbocycles. The molecule has 1 saturated heterocycles. The zero-order valence-electron chi connectivity index (χ0n) is 16.2. The average Bonchev–Trinajstić information content (AvgIpc) is 3.13. The Bertz CT molecular complexity index is 948. The number of carbonyl (C=O) groups is 2. The van der Waals surface area contributed by atoms with Crippen molar-refractivity contribution < 1.29 is 18.0 Å². The van der Waals surface area contributed by atoms with Crippen molar-refractivity contribution in [2.45, 2.75) is 24.3 Å². The number of rotatable bonds is 8. The van der Waals surface area contributed by atoms with Gasteiger partial charge in [-0.25, -0.2) is 13.1 Å². The highest BCUT2D eigenvalue weighted by Crippen LogP contribution is 2.28. The Morgan fingerprint density at radius 1 is 1.07 bits per heavy atom. The Morgan fingerprint density at radius 2 is 1.69 bits per heavy atom. The summed E-state index contributed by atoms with van der Waals surface area (Å²) in [4.78, 5) is 26.7. The smallest absolute Gasteiger partial charge is 0.240 e. The molecule has 2 atom stereocenters. The van der Waals surface area contributed by atoms with Crippen LogP contribution < -0.4 is 10.0 Å². The van der Waals surface area contributed by atoms with Crippen molar-refractivity contribution in [3.05, 3.63) is 66.2 Å². The highest BCUT2D eigenvalue weighted by atomic mass is 32.2. The monoisotopic (exact) mass is 415 g/mol. The lowest BCUT2D eigenvalue weighted by Gasteiger charge is -2.25. The van der Waals surface area contributed by atoms with Crippen LogP contribution in [0.4, 0.5) is 0 Å². The van der Waals surface area contributed by atoms with Crippen LogP contribution in [0.1, 0.15) is 24.9 Å². The molecule has 154 valence electrons. The molecule has 7 nitrogen and oxygen atoms in total. The first-order valence-corrected chi connectivity index (χ1v) is 11.0. The van der Waals surface area contributed by atoms with Crippen LogP contribution in [-0.2, 0) is 19.6 Å². The molecular formula is C21H25N3O4S. The molecular weight excluding hydrogens is 390 g/mol. The fraction of sp³-hybridized carbons (Fsp3) is 0.333. The molecule has 2 unspecified atom stereocenters. The van der Waals surface area contributed by atoms with Gasteiger partial charge in [-0.1, -0.05) is 48.5 Å². The Morgan fingerprint density at radius 3 is 2.34 bits per heavy atom. The molecule has 2 amide bonds. The van der Waals surface area contributed by atoms with Gasteiger partial charge in [-0.15, -0.1) is 0 Å². The summed E-state index contributed by atoms with van der Waals surface area (Å²) in [5.74, 6) is -0.717. The summed E-state index contributed by atoms with van der Waals surface area (Å²) >= 11 is 0. The van der Waals surface area contributed by atoms with Crippen LogP contribution in [0.25, 0.3) is 0 Å². The van der Waals surface area contributed by atoms with E-state index in [4.69, 9.17) is 0 Å². The van der Waals surface area contributed by atoms with Gasteiger partial charge in [0, 0.05) is 26.1 Å². The van der Waals surface area contributed by atoms with Crippen LogP contribution in [0, 0.1) is 5.92 Å². The third-order valence-corrected chi connectivity index (χ3v) is 6.53. The standard InChI is InChI=1S/C21H25N3O4S/c1-16(17-8-4-2-5-9-17)24-15-18(14-20(24)25)21(26)22-12-13-23-29(27,28)19-10-6-3-7-11-19/h2-11,16,18,23H,12-15H2,1H3,(H,22,26). The van der Waals surface area contributed by atoms with Crippen molar-refractivity contribution in [2.24, 2.45) is 5.92 Å². The predicted octanol–water partition coefficient (Wildman–Crippen LogP) is 1.69. The SMILES string of the molecule is CC(c1ccccc1)N1CC(C(=O)NCCNS(=O)(=O)c2ccccc2)CC1=O. The number of benzene rings is 2. The second-order valence-electron chi connectivity index (χ2n) is 7.04. The lowest BCUT2D eigenvalue weighted by Crippen LogP contribution is -2.38. The van der Waals surface area contributed by atoms with Crippen LogP contribution in [0.5, 0.6) is 0 Å². The second-order valence-corrected chi connectivity index (χ2v) is 8.80. The molecule has 0 radical (unpaired) electrons. The maximum atomic E-state index is 12.4. The second kappa shape index (κ2) is 9.19. The van der Waals surface area contributed by atoms with E-state index in [1.807, 2.05) is 37.3 Å². The summed E-state index contributed by atoms with van der Waals surface area (Å²) in [6.45, 7) is 2.54.